The number of imidazole rings is 1. The molecule has 0 amide bonds. The minimum Gasteiger partial charge on any atom is -0.468 e. The van der Waals surface area contributed by atoms with Gasteiger partial charge in [0.05, 0.1) is 25.3 Å². The van der Waals surface area contributed by atoms with Gasteiger partial charge in [-0.15, -0.1) is 0 Å². The minimum atomic E-state index is -0.348. The van der Waals surface area contributed by atoms with Crippen LogP contribution in [0.5, 0.6) is 0 Å². The largest absolute Gasteiger partial charge is 0.468 e. The van der Waals surface area contributed by atoms with Gasteiger partial charge in [-0.3, -0.25) is 4.90 Å². The van der Waals surface area contributed by atoms with Gasteiger partial charge in [0.25, 0.3) is 0 Å². The topological polar surface area (TPSA) is 59.4 Å². The smallest absolute Gasteiger partial charge is 0.329 e. The maximum absolute atomic E-state index is 12.1. The van der Waals surface area contributed by atoms with Gasteiger partial charge in [0.15, 0.2) is 6.04 Å². The minimum absolute atomic E-state index is 0.216. The number of hydrogen-bond donors (Lipinski definition) is 1. The second-order valence-electron chi connectivity index (χ2n) is 4.32. The molecule has 6 nitrogen and oxygen atoms in total. The van der Waals surface area contributed by atoms with Crippen LogP contribution >= 0.6 is 0 Å². The van der Waals surface area contributed by atoms with E-state index in [1.54, 1.807) is 12.5 Å². The number of nitrogens with one attached hydrogen (secondary N) is 1. The zero-order valence-corrected chi connectivity index (χ0v) is 10.9. The summed E-state index contributed by atoms with van der Waals surface area (Å²) in [6.07, 6.45) is 3.51. The quantitative estimate of drug-likeness (QED) is 0.766. The highest BCUT2D eigenvalue weighted by Crippen LogP contribution is 2.22. The van der Waals surface area contributed by atoms with Crippen molar-refractivity contribution in [2.45, 2.75) is 19.5 Å². The number of piperazine rings is 1. The number of rotatable bonds is 4. The first kappa shape index (κ1) is 13.0. The summed E-state index contributed by atoms with van der Waals surface area (Å²) in [4.78, 5) is 18.3. The van der Waals surface area contributed by atoms with E-state index in [0.717, 1.165) is 38.4 Å². The van der Waals surface area contributed by atoms with Crippen LogP contribution in [0.15, 0.2) is 12.5 Å². The second kappa shape index (κ2) is 5.97. The first-order valence-electron chi connectivity index (χ1n) is 6.30. The third-order valence-corrected chi connectivity index (χ3v) is 3.31. The zero-order valence-electron chi connectivity index (χ0n) is 10.9. The van der Waals surface area contributed by atoms with Gasteiger partial charge in [0.1, 0.15) is 0 Å². The molecular formula is C12H20N4O2. The van der Waals surface area contributed by atoms with E-state index >= 15 is 0 Å². The third-order valence-electron chi connectivity index (χ3n) is 3.31. The van der Waals surface area contributed by atoms with Crippen molar-refractivity contribution < 1.29 is 9.53 Å². The Morgan fingerprint density at radius 1 is 1.56 bits per heavy atom. The van der Waals surface area contributed by atoms with E-state index < -0.39 is 0 Å². The average molecular weight is 252 g/mol. The lowest BCUT2D eigenvalue weighted by Crippen LogP contribution is -2.47. The van der Waals surface area contributed by atoms with E-state index in [0.29, 0.717) is 0 Å². The molecular weight excluding hydrogens is 232 g/mol. The molecule has 1 aromatic heterocycles. The highest BCUT2D eigenvalue weighted by molar-refractivity contribution is 5.77. The molecule has 1 unspecified atom stereocenters. The number of esters is 1. The molecule has 1 fully saturated rings. The molecule has 1 aromatic rings. The molecule has 2 heterocycles. The number of carbonyl (C=O) groups is 1. The van der Waals surface area contributed by atoms with Gasteiger partial charge >= 0.3 is 5.97 Å². The zero-order chi connectivity index (χ0) is 13.0. The Bertz CT molecular complexity index is 399. The van der Waals surface area contributed by atoms with Gasteiger partial charge in [-0.2, -0.15) is 0 Å². The van der Waals surface area contributed by atoms with Gasteiger partial charge in [0.2, 0.25) is 0 Å². The molecule has 0 spiro atoms. The van der Waals surface area contributed by atoms with Gasteiger partial charge in [-0.05, 0) is 6.92 Å². The van der Waals surface area contributed by atoms with E-state index in [-0.39, 0.29) is 12.0 Å². The van der Waals surface area contributed by atoms with Crippen molar-refractivity contribution in [2.24, 2.45) is 0 Å². The van der Waals surface area contributed by atoms with Crippen LogP contribution in [0.4, 0.5) is 0 Å². The number of ether oxygens (including phenoxy) is 1. The monoisotopic (exact) mass is 252 g/mol. The summed E-state index contributed by atoms with van der Waals surface area (Å²) >= 11 is 0. The number of methoxy groups -OCH3 is 1. The normalized spacial score (nSPS) is 18.6. The first-order valence-corrected chi connectivity index (χ1v) is 6.30. The number of aryl methyl sites for hydroxylation is 1. The van der Waals surface area contributed by atoms with Crippen LogP contribution in [0.3, 0.4) is 0 Å². The van der Waals surface area contributed by atoms with Gasteiger partial charge in [-0.1, -0.05) is 0 Å². The van der Waals surface area contributed by atoms with Crippen LogP contribution in [0.25, 0.3) is 0 Å². The molecule has 1 atom stereocenters. The molecule has 1 aliphatic rings. The molecule has 0 aromatic carbocycles. The third kappa shape index (κ3) is 2.54. The van der Waals surface area contributed by atoms with E-state index in [2.05, 4.69) is 15.2 Å². The Morgan fingerprint density at radius 3 is 2.89 bits per heavy atom. The fourth-order valence-electron chi connectivity index (χ4n) is 2.33. The molecule has 0 aliphatic carbocycles. The van der Waals surface area contributed by atoms with E-state index in [1.807, 2.05) is 11.5 Å². The Hall–Kier alpha value is -1.40. The van der Waals surface area contributed by atoms with Crippen molar-refractivity contribution in [3.63, 3.8) is 0 Å². The van der Waals surface area contributed by atoms with Crippen molar-refractivity contribution >= 4 is 5.97 Å². The van der Waals surface area contributed by atoms with Crippen molar-refractivity contribution in [1.82, 2.24) is 19.8 Å². The van der Waals surface area contributed by atoms with E-state index in [4.69, 9.17) is 4.74 Å². The highest BCUT2D eigenvalue weighted by Gasteiger charge is 2.31. The van der Waals surface area contributed by atoms with Crippen molar-refractivity contribution in [2.75, 3.05) is 33.3 Å². The van der Waals surface area contributed by atoms with Gasteiger partial charge < -0.3 is 14.6 Å². The summed E-state index contributed by atoms with van der Waals surface area (Å²) in [7, 11) is 1.43. The predicted octanol–water partition coefficient (Wildman–Crippen LogP) is 0.0223. The van der Waals surface area contributed by atoms with Crippen molar-refractivity contribution in [3.05, 3.63) is 18.2 Å². The Morgan fingerprint density at radius 2 is 2.28 bits per heavy atom. The van der Waals surface area contributed by atoms with E-state index in [1.165, 1.54) is 7.11 Å². The number of hydrogen-bond acceptors (Lipinski definition) is 5. The van der Waals surface area contributed by atoms with Crippen LogP contribution in [0.2, 0.25) is 0 Å². The number of nitrogens with zero attached hydrogens (tertiary/aromatic N) is 3. The lowest BCUT2D eigenvalue weighted by Gasteiger charge is -2.33. The highest BCUT2D eigenvalue weighted by atomic mass is 16.5. The number of carbonyl (C=O) groups excluding carboxylic acids is 1. The SMILES string of the molecule is CCn1cncc1C(C(=O)OC)N1CCNCC1. The van der Waals surface area contributed by atoms with Crippen LogP contribution in [-0.4, -0.2) is 53.7 Å². The summed E-state index contributed by atoms with van der Waals surface area (Å²) in [5.41, 5.74) is 0.909. The Balaban J connectivity index is 2.26. The molecule has 1 aliphatic heterocycles. The second-order valence-corrected chi connectivity index (χ2v) is 4.32. The lowest BCUT2D eigenvalue weighted by molar-refractivity contribution is -0.147. The maximum Gasteiger partial charge on any atom is 0.329 e. The first-order chi connectivity index (χ1) is 8.77. The van der Waals surface area contributed by atoms with Gasteiger partial charge in [-0.25, -0.2) is 9.78 Å². The molecule has 1 N–H and O–H groups in total. The molecule has 1 saturated heterocycles. The fraction of sp³-hybridized carbons (Fsp3) is 0.667. The lowest BCUT2D eigenvalue weighted by atomic mass is 10.1. The van der Waals surface area contributed by atoms with Crippen LogP contribution in [0.1, 0.15) is 18.7 Å². The van der Waals surface area contributed by atoms with Crippen molar-refractivity contribution in [3.8, 4) is 0 Å². The Kier molecular flexibility index (Phi) is 4.33. The number of aromatic nitrogens is 2. The van der Waals surface area contributed by atoms with Crippen LogP contribution < -0.4 is 5.32 Å². The van der Waals surface area contributed by atoms with Crippen molar-refractivity contribution in [1.29, 1.82) is 0 Å². The molecule has 0 saturated carbocycles. The standard InChI is InChI=1S/C12H20N4O2/c1-3-15-9-14-8-10(15)11(12(17)18-2)16-6-4-13-5-7-16/h8-9,11,13H,3-7H2,1-2H3. The molecule has 0 bridgehead atoms. The summed E-state index contributed by atoms with van der Waals surface area (Å²) in [5, 5.41) is 3.28. The molecule has 2 rings (SSSR count). The molecule has 100 valence electrons. The maximum atomic E-state index is 12.1. The molecule has 0 radical (unpaired) electrons. The predicted molar refractivity (Wildman–Crippen MR) is 67.1 cm³/mol. The van der Waals surface area contributed by atoms with Crippen LogP contribution in [0, 0.1) is 0 Å². The molecule has 18 heavy (non-hydrogen) atoms. The molecule has 6 heteroatoms. The Labute approximate surface area is 107 Å². The average Bonchev–Trinajstić information content (AvgIpc) is 2.88. The summed E-state index contributed by atoms with van der Waals surface area (Å²) < 4.78 is 6.94. The van der Waals surface area contributed by atoms with Gasteiger partial charge in [0, 0.05) is 32.7 Å². The summed E-state index contributed by atoms with van der Waals surface area (Å²) in [6, 6.07) is -0.348. The summed E-state index contributed by atoms with van der Waals surface area (Å²) in [6.45, 7) is 6.32. The fourth-order valence-corrected chi connectivity index (χ4v) is 2.33. The summed E-state index contributed by atoms with van der Waals surface area (Å²) in [5.74, 6) is -0.216. The van der Waals surface area contributed by atoms with E-state index in [9.17, 15) is 4.79 Å². The van der Waals surface area contributed by atoms with Crippen LogP contribution in [-0.2, 0) is 16.1 Å².